The minimum atomic E-state index is -0.702. The highest BCUT2D eigenvalue weighted by molar-refractivity contribution is 7.80. The van der Waals surface area contributed by atoms with Crippen molar-refractivity contribution in [1.82, 2.24) is 9.88 Å². The topological polar surface area (TPSA) is 75.1 Å². The number of hydrogen-bond acceptors (Lipinski definition) is 6. The molecule has 3 aromatic rings. The number of ether oxygens (including phenoxy) is 2. The lowest BCUT2D eigenvalue weighted by atomic mass is 9.74. The number of aliphatic hydroxyl groups is 1. The second-order valence-electron chi connectivity index (χ2n) is 9.18. The molecule has 2 bridgehead atoms. The molecule has 8 heteroatoms. The predicted octanol–water partition coefficient (Wildman–Crippen LogP) is 3.41. The Bertz CT molecular complexity index is 1250. The molecule has 7 rings (SSSR count). The first kappa shape index (κ1) is 22.0. The number of aromatic nitrogens is 1. The Labute approximate surface area is 208 Å². The van der Waals surface area contributed by atoms with E-state index in [4.69, 9.17) is 21.7 Å². The molecule has 0 radical (unpaired) electrons. The number of nitrogens with zero attached hydrogens (tertiary/aromatic N) is 3. The van der Waals surface area contributed by atoms with Crippen molar-refractivity contribution in [2.45, 2.75) is 37.3 Å². The predicted molar refractivity (Wildman–Crippen MR) is 135 cm³/mol. The smallest absolute Gasteiger partial charge is 0.311 e. The summed E-state index contributed by atoms with van der Waals surface area (Å²) in [5, 5.41) is 11.4. The molecule has 1 aliphatic carbocycles. The van der Waals surface area contributed by atoms with Crippen molar-refractivity contribution in [1.29, 1.82) is 0 Å². The van der Waals surface area contributed by atoms with Gasteiger partial charge in [0.05, 0.1) is 36.9 Å². The van der Waals surface area contributed by atoms with Crippen LogP contribution in [0.5, 0.6) is 5.75 Å². The van der Waals surface area contributed by atoms with Crippen LogP contribution in [0.25, 0.3) is 11.3 Å². The lowest BCUT2D eigenvalue weighted by Gasteiger charge is -2.49. The third kappa shape index (κ3) is 3.64. The zero-order chi connectivity index (χ0) is 24.1. The zero-order valence-corrected chi connectivity index (χ0v) is 20.0. The van der Waals surface area contributed by atoms with Gasteiger partial charge in [-0.2, -0.15) is 0 Å². The fourth-order valence-electron chi connectivity index (χ4n) is 5.60. The number of aliphatic hydroxyl groups excluding tert-OH is 1. The van der Waals surface area contributed by atoms with Gasteiger partial charge in [0, 0.05) is 24.0 Å². The van der Waals surface area contributed by atoms with Gasteiger partial charge in [-0.05, 0) is 60.6 Å². The van der Waals surface area contributed by atoms with Crippen molar-refractivity contribution in [2.75, 3.05) is 12.0 Å². The van der Waals surface area contributed by atoms with E-state index in [1.54, 1.807) is 13.3 Å². The Morgan fingerprint density at radius 2 is 1.86 bits per heavy atom. The average molecular weight is 488 g/mol. The van der Waals surface area contributed by atoms with Crippen LogP contribution in [0, 0.1) is 5.92 Å². The molecule has 0 unspecified atom stereocenters. The number of rotatable bonds is 5. The number of carbonyl (C=O) groups excluding carboxylic acids is 1. The Kier molecular flexibility index (Phi) is 5.42. The third-order valence-corrected chi connectivity index (χ3v) is 7.69. The SMILES string of the molecule is COc1ccc(N2C(=S)N(Cc3ccc(-c4ccccn4)cc3)[C@H]3[C@H]4OC(=O)[C@@H](C[C@H]4O)[C@@H]32)cc1. The van der Waals surface area contributed by atoms with Crippen LogP contribution in [0.3, 0.4) is 0 Å². The van der Waals surface area contributed by atoms with Crippen LogP contribution in [-0.2, 0) is 16.1 Å². The number of pyridine rings is 1. The van der Waals surface area contributed by atoms with Crippen LogP contribution in [0.1, 0.15) is 12.0 Å². The highest BCUT2D eigenvalue weighted by atomic mass is 32.1. The van der Waals surface area contributed by atoms with E-state index in [2.05, 4.69) is 39.0 Å². The molecule has 1 aromatic heterocycles. The Balaban J connectivity index is 1.34. The van der Waals surface area contributed by atoms with E-state index >= 15 is 0 Å². The van der Waals surface area contributed by atoms with Gasteiger partial charge in [0.25, 0.3) is 0 Å². The summed E-state index contributed by atoms with van der Waals surface area (Å²) >= 11 is 5.99. The van der Waals surface area contributed by atoms with E-state index in [0.29, 0.717) is 18.1 Å². The Hall–Kier alpha value is -3.49. The molecule has 4 fully saturated rings. The highest BCUT2D eigenvalue weighted by Crippen LogP contribution is 2.46. The Morgan fingerprint density at radius 1 is 1.09 bits per heavy atom. The van der Waals surface area contributed by atoms with E-state index in [9.17, 15) is 9.90 Å². The highest BCUT2D eigenvalue weighted by Gasteiger charge is 2.62. The standard InChI is InChI=1S/C27H25N3O4S/c1-33-19-11-9-18(10-12-19)30-23-20-14-22(31)25(34-26(20)32)24(23)29(27(30)35)15-16-5-7-17(8-6-16)21-4-2-3-13-28-21/h2-13,20,22-25,31H,14-15H2,1H3/t20-,22+,23-,24+,25-/m0/s1. The van der Waals surface area contributed by atoms with Gasteiger partial charge in [-0.15, -0.1) is 0 Å². The summed E-state index contributed by atoms with van der Waals surface area (Å²) in [5.74, 6) is 0.0428. The molecule has 2 aromatic carbocycles. The van der Waals surface area contributed by atoms with Crippen molar-refractivity contribution in [2.24, 2.45) is 5.92 Å². The van der Waals surface area contributed by atoms with Gasteiger partial charge in [-0.3, -0.25) is 9.78 Å². The van der Waals surface area contributed by atoms with Crippen molar-refractivity contribution in [3.05, 3.63) is 78.5 Å². The maximum absolute atomic E-state index is 12.7. The first-order valence-corrected chi connectivity index (χ1v) is 12.1. The number of esters is 1. The van der Waals surface area contributed by atoms with Crippen molar-refractivity contribution >= 4 is 29.0 Å². The maximum atomic E-state index is 12.7. The Morgan fingerprint density at radius 3 is 2.54 bits per heavy atom. The molecule has 35 heavy (non-hydrogen) atoms. The first-order chi connectivity index (χ1) is 17.0. The lowest BCUT2D eigenvalue weighted by Crippen LogP contribution is -2.66. The van der Waals surface area contributed by atoms with Crippen LogP contribution in [0.4, 0.5) is 5.69 Å². The average Bonchev–Trinajstić information content (AvgIpc) is 3.18. The van der Waals surface area contributed by atoms with Gasteiger partial charge in [-0.25, -0.2) is 0 Å². The summed E-state index contributed by atoms with van der Waals surface area (Å²) in [7, 11) is 1.63. The summed E-state index contributed by atoms with van der Waals surface area (Å²) in [6.07, 6.45) is 0.843. The van der Waals surface area contributed by atoms with E-state index in [1.807, 2.05) is 42.5 Å². The minimum absolute atomic E-state index is 0.196. The largest absolute Gasteiger partial charge is 0.497 e. The molecule has 178 valence electrons. The van der Waals surface area contributed by atoms with E-state index in [-0.39, 0.29) is 18.1 Å². The normalized spacial score (nSPS) is 27.1. The summed E-state index contributed by atoms with van der Waals surface area (Å²) in [4.78, 5) is 21.3. The fraction of sp³-hybridized carbons (Fsp3) is 0.296. The molecule has 4 aliphatic rings. The second-order valence-corrected chi connectivity index (χ2v) is 9.55. The molecule has 1 saturated carbocycles. The van der Waals surface area contributed by atoms with Crippen LogP contribution in [-0.4, -0.2) is 57.5 Å². The number of carbonyl (C=O) groups is 1. The summed E-state index contributed by atoms with van der Waals surface area (Å²) in [5.41, 5.74) is 3.93. The quantitative estimate of drug-likeness (QED) is 0.434. The second kappa shape index (κ2) is 8.62. The molecule has 0 amide bonds. The van der Waals surface area contributed by atoms with Gasteiger partial charge in [0.1, 0.15) is 11.9 Å². The van der Waals surface area contributed by atoms with Gasteiger partial charge in [0.15, 0.2) is 5.11 Å². The van der Waals surface area contributed by atoms with E-state index < -0.39 is 18.1 Å². The summed E-state index contributed by atoms with van der Waals surface area (Å²) in [6.45, 7) is 0.544. The molecule has 3 saturated heterocycles. The lowest BCUT2D eigenvalue weighted by molar-refractivity contribution is -0.194. The number of thiocarbonyl (C=S) groups is 1. The molecule has 0 spiro atoms. The van der Waals surface area contributed by atoms with Crippen molar-refractivity contribution < 1.29 is 19.4 Å². The first-order valence-electron chi connectivity index (χ1n) is 11.7. The minimum Gasteiger partial charge on any atom is -0.497 e. The fourth-order valence-corrected chi connectivity index (χ4v) is 6.01. The molecular weight excluding hydrogens is 462 g/mol. The molecular formula is C27H25N3O4S. The van der Waals surface area contributed by atoms with Crippen molar-refractivity contribution in [3.63, 3.8) is 0 Å². The number of methoxy groups -OCH3 is 1. The molecule has 5 atom stereocenters. The zero-order valence-electron chi connectivity index (χ0n) is 19.2. The molecule has 7 nitrogen and oxygen atoms in total. The van der Waals surface area contributed by atoms with Crippen molar-refractivity contribution in [3.8, 4) is 17.0 Å². The number of hydrogen-bond donors (Lipinski definition) is 1. The van der Waals surface area contributed by atoms with Crippen LogP contribution < -0.4 is 9.64 Å². The van der Waals surface area contributed by atoms with Gasteiger partial charge < -0.3 is 24.4 Å². The molecule has 3 aliphatic heterocycles. The monoisotopic (exact) mass is 487 g/mol. The van der Waals surface area contributed by atoms with Gasteiger partial charge in [-0.1, -0.05) is 30.3 Å². The van der Waals surface area contributed by atoms with Crippen LogP contribution in [0.15, 0.2) is 72.9 Å². The number of anilines is 1. The van der Waals surface area contributed by atoms with Gasteiger partial charge in [0.2, 0.25) is 0 Å². The maximum Gasteiger partial charge on any atom is 0.311 e. The van der Waals surface area contributed by atoms with Gasteiger partial charge >= 0.3 is 5.97 Å². The number of benzene rings is 2. The molecule has 1 N–H and O–H groups in total. The van der Waals surface area contributed by atoms with E-state index in [1.165, 1.54) is 0 Å². The van der Waals surface area contributed by atoms with Crippen LogP contribution >= 0.6 is 12.2 Å². The summed E-state index contributed by atoms with van der Waals surface area (Å²) < 4.78 is 11.0. The summed E-state index contributed by atoms with van der Waals surface area (Å²) in [6, 6.07) is 21.4. The van der Waals surface area contributed by atoms with E-state index in [0.717, 1.165) is 28.3 Å². The van der Waals surface area contributed by atoms with Crippen LogP contribution in [0.2, 0.25) is 0 Å². The third-order valence-electron chi connectivity index (χ3n) is 7.26. The molecule has 4 heterocycles. The number of fused-ring (bicyclic) bond motifs is 2.